The van der Waals surface area contributed by atoms with Crippen molar-refractivity contribution in [3.05, 3.63) is 36.4 Å². The molecule has 0 aromatic carbocycles. The van der Waals surface area contributed by atoms with Gasteiger partial charge in [0.2, 0.25) is 11.9 Å². The Labute approximate surface area is 117 Å². The van der Waals surface area contributed by atoms with Crippen LogP contribution in [-0.2, 0) is 11.3 Å². The first kappa shape index (κ1) is 14.0. The molecular weight excluding hydrogens is 256 g/mol. The number of aromatic nitrogens is 4. The van der Waals surface area contributed by atoms with Crippen LogP contribution in [0.4, 0.5) is 5.95 Å². The molecular formula is C13H18N6O. The van der Waals surface area contributed by atoms with Crippen LogP contribution in [0.1, 0.15) is 18.7 Å². The molecule has 0 radical (unpaired) electrons. The molecule has 0 aliphatic carbocycles. The van der Waals surface area contributed by atoms with E-state index in [9.17, 15) is 4.79 Å². The van der Waals surface area contributed by atoms with Crippen molar-refractivity contribution in [1.82, 2.24) is 25.1 Å². The van der Waals surface area contributed by atoms with Crippen molar-refractivity contribution in [1.29, 1.82) is 0 Å². The molecule has 2 rings (SSSR count). The second-order valence-electron chi connectivity index (χ2n) is 4.62. The molecule has 0 saturated heterocycles. The van der Waals surface area contributed by atoms with Gasteiger partial charge in [-0.1, -0.05) is 0 Å². The molecule has 106 valence electrons. The Morgan fingerprint density at radius 3 is 2.90 bits per heavy atom. The van der Waals surface area contributed by atoms with E-state index in [2.05, 4.69) is 20.4 Å². The number of rotatable bonds is 5. The fourth-order valence-corrected chi connectivity index (χ4v) is 1.65. The van der Waals surface area contributed by atoms with Gasteiger partial charge in [0.25, 0.3) is 0 Å². The number of nitrogens with zero attached hydrogens (tertiary/aromatic N) is 5. The van der Waals surface area contributed by atoms with Gasteiger partial charge in [-0.05, 0) is 19.1 Å². The largest absolute Gasteiger partial charge is 0.349 e. The molecule has 2 aromatic rings. The molecule has 7 nitrogen and oxygen atoms in total. The maximum atomic E-state index is 12.0. The quantitative estimate of drug-likeness (QED) is 0.865. The van der Waals surface area contributed by atoms with E-state index < -0.39 is 0 Å². The SMILES string of the molecule is CC(C(=O)NCc1ccnc(N(C)C)n1)n1cccn1. The number of hydrogen-bond donors (Lipinski definition) is 1. The highest BCUT2D eigenvalue weighted by molar-refractivity contribution is 5.79. The van der Waals surface area contributed by atoms with Crippen LogP contribution in [0.2, 0.25) is 0 Å². The second-order valence-corrected chi connectivity index (χ2v) is 4.62. The van der Waals surface area contributed by atoms with Crippen molar-refractivity contribution >= 4 is 11.9 Å². The number of anilines is 1. The minimum atomic E-state index is -0.347. The molecule has 0 spiro atoms. The molecule has 1 atom stereocenters. The van der Waals surface area contributed by atoms with Crippen molar-refractivity contribution in [2.24, 2.45) is 0 Å². The molecule has 0 aliphatic rings. The lowest BCUT2D eigenvalue weighted by atomic mass is 10.3. The van der Waals surface area contributed by atoms with E-state index in [1.165, 1.54) is 0 Å². The van der Waals surface area contributed by atoms with Crippen molar-refractivity contribution in [2.75, 3.05) is 19.0 Å². The van der Waals surface area contributed by atoms with E-state index in [0.29, 0.717) is 12.5 Å². The molecule has 0 saturated carbocycles. The van der Waals surface area contributed by atoms with Gasteiger partial charge in [0.15, 0.2) is 0 Å². The summed E-state index contributed by atoms with van der Waals surface area (Å²) in [4.78, 5) is 22.3. The first-order valence-electron chi connectivity index (χ1n) is 6.34. The lowest BCUT2D eigenvalue weighted by Gasteiger charge is -2.13. The average Bonchev–Trinajstić information content (AvgIpc) is 2.98. The maximum absolute atomic E-state index is 12.0. The van der Waals surface area contributed by atoms with Crippen LogP contribution in [0.15, 0.2) is 30.7 Å². The molecule has 0 fully saturated rings. The topological polar surface area (TPSA) is 75.9 Å². The Kier molecular flexibility index (Phi) is 4.29. The van der Waals surface area contributed by atoms with Crippen molar-refractivity contribution in [3.8, 4) is 0 Å². The van der Waals surface area contributed by atoms with E-state index in [0.717, 1.165) is 5.69 Å². The van der Waals surface area contributed by atoms with Gasteiger partial charge < -0.3 is 10.2 Å². The molecule has 1 N–H and O–H groups in total. The van der Waals surface area contributed by atoms with Crippen molar-refractivity contribution in [2.45, 2.75) is 19.5 Å². The molecule has 0 bridgehead atoms. The van der Waals surface area contributed by atoms with Crippen LogP contribution >= 0.6 is 0 Å². The monoisotopic (exact) mass is 274 g/mol. The van der Waals surface area contributed by atoms with Gasteiger partial charge in [-0.3, -0.25) is 9.48 Å². The lowest BCUT2D eigenvalue weighted by molar-refractivity contribution is -0.124. The zero-order chi connectivity index (χ0) is 14.5. The summed E-state index contributed by atoms with van der Waals surface area (Å²) in [5.41, 5.74) is 0.768. The summed E-state index contributed by atoms with van der Waals surface area (Å²) in [5, 5.41) is 6.90. The summed E-state index contributed by atoms with van der Waals surface area (Å²) in [7, 11) is 3.75. The van der Waals surface area contributed by atoms with Crippen LogP contribution in [0, 0.1) is 0 Å². The first-order valence-corrected chi connectivity index (χ1v) is 6.34. The van der Waals surface area contributed by atoms with Crippen LogP contribution in [0.3, 0.4) is 0 Å². The van der Waals surface area contributed by atoms with Gasteiger partial charge in [-0.15, -0.1) is 0 Å². The number of carbonyl (C=O) groups excluding carboxylic acids is 1. The summed E-state index contributed by atoms with van der Waals surface area (Å²) >= 11 is 0. The number of nitrogens with one attached hydrogen (secondary N) is 1. The number of amides is 1. The number of hydrogen-bond acceptors (Lipinski definition) is 5. The molecule has 2 heterocycles. The smallest absolute Gasteiger partial charge is 0.244 e. The Balaban J connectivity index is 1.95. The van der Waals surface area contributed by atoms with Crippen LogP contribution in [-0.4, -0.2) is 39.8 Å². The van der Waals surface area contributed by atoms with Crippen LogP contribution in [0.25, 0.3) is 0 Å². The van der Waals surface area contributed by atoms with Crippen molar-refractivity contribution in [3.63, 3.8) is 0 Å². The molecule has 7 heteroatoms. The molecule has 20 heavy (non-hydrogen) atoms. The average molecular weight is 274 g/mol. The predicted octanol–water partition coefficient (Wildman–Crippen LogP) is 0.616. The molecule has 2 aromatic heterocycles. The predicted molar refractivity (Wildman–Crippen MR) is 75.1 cm³/mol. The standard InChI is InChI=1S/C13H18N6O/c1-10(19-8-4-6-16-19)12(20)15-9-11-5-7-14-13(17-11)18(2)3/h4-8,10H,9H2,1-3H3,(H,15,20). The van der Waals surface area contributed by atoms with Gasteiger partial charge in [-0.25, -0.2) is 9.97 Å². The van der Waals surface area contributed by atoms with E-state index >= 15 is 0 Å². The zero-order valence-corrected chi connectivity index (χ0v) is 11.8. The molecule has 1 unspecified atom stereocenters. The van der Waals surface area contributed by atoms with E-state index in [1.807, 2.05) is 19.0 Å². The van der Waals surface area contributed by atoms with Gasteiger partial charge >= 0.3 is 0 Å². The van der Waals surface area contributed by atoms with Gasteiger partial charge in [-0.2, -0.15) is 5.10 Å². The Hall–Kier alpha value is -2.44. The van der Waals surface area contributed by atoms with Crippen LogP contribution in [0.5, 0.6) is 0 Å². The fraction of sp³-hybridized carbons (Fsp3) is 0.385. The van der Waals surface area contributed by atoms with Gasteiger partial charge in [0.05, 0.1) is 12.2 Å². The highest BCUT2D eigenvalue weighted by Gasteiger charge is 2.14. The number of carbonyl (C=O) groups is 1. The minimum absolute atomic E-state index is 0.0984. The summed E-state index contributed by atoms with van der Waals surface area (Å²) in [6, 6.07) is 3.23. The van der Waals surface area contributed by atoms with Gasteiger partial charge in [0.1, 0.15) is 6.04 Å². The van der Waals surface area contributed by atoms with E-state index in [4.69, 9.17) is 0 Å². The zero-order valence-electron chi connectivity index (χ0n) is 11.8. The summed E-state index contributed by atoms with van der Waals surface area (Å²) in [5.74, 6) is 0.524. The summed E-state index contributed by atoms with van der Waals surface area (Å²) < 4.78 is 1.61. The summed E-state index contributed by atoms with van der Waals surface area (Å²) in [6.07, 6.45) is 5.09. The highest BCUT2D eigenvalue weighted by atomic mass is 16.2. The lowest BCUT2D eigenvalue weighted by Crippen LogP contribution is -2.31. The fourth-order valence-electron chi connectivity index (χ4n) is 1.65. The molecule has 1 amide bonds. The van der Waals surface area contributed by atoms with E-state index in [-0.39, 0.29) is 11.9 Å². The Morgan fingerprint density at radius 1 is 1.45 bits per heavy atom. The Bertz CT molecular complexity index is 566. The van der Waals surface area contributed by atoms with Crippen molar-refractivity contribution < 1.29 is 4.79 Å². The molecule has 0 aliphatic heterocycles. The Morgan fingerprint density at radius 2 is 2.25 bits per heavy atom. The maximum Gasteiger partial charge on any atom is 0.244 e. The van der Waals surface area contributed by atoms with Crippen LogP contribution < -0.4 is 10.2 Å². The first-order chi connectivity index (χ1) is 9.58. The van der Waals surface area contributed by atoms with E-state index in [1.54, 1.807) is 42.3 Å². The third kappa shape index (κ3) is 3.31. The normalized spacial score (nSPS) is 11.9. The minimum Gasteiger partial charge on any atom is -0.349 e. The highest BCUT2D eigenvalue weighted by Crippen LogP contribution is 2.05. The van der Waals surface area contributed by atoms with Gasteiger partial charge in [0, 0.05) is 32.7 Å². The third-order valence-electron chi connectivity index (χ3n) is 2.85. The second kappa shape index (κ2) is 6.14. The summed E-state index contributed by atoms with van der Waals surface area (Å²) in [6.45, 7) is 2.17. The third-order valence-corrected chi connectivity index (χ3v) is 2.85.